The second-order valence-electron chi connectivity index (χ2n) is 5.82. The van der Waals surface area contributed by atoms with Crippen molar-refractivity contribution in [3.05, 3.63) is 48.0 Å². The molecule has 3 rings (SSSR count). The van der Waals surface area contributed by atoms with Gasteiger partial charge in [0.1, 0.15) is 0 Å². The van der Waals surface area contributed by atoms with Crippen LogP contribution < -0.4 is 14.8 Å². The van der Waals surface area contributed by atoms with E-state index >= 15 is 0 Å². The Morgan fingerprint density at radius 1 is 1.17 bits per heavy atom. The first-order valence-corrected chi connectivity index (χ1v) is 9.70. The van der Waals surface area contributed by atoms with Crippen LogP contribution in [0, 0.1) is 13.8 Å². The number of carbonyl (C=O) groups excluding carboxylic acids is 1. The van der Waals surface area contributed by atoms with Gasteiger partial charge in [0.2, 0.25) is 11.0 Å². The van der Waals surface area contributed by atoms with E-state index in [0.717, 1.165) is 10.9 Å². The predicted molar refractivity (Wildman–Crippen MR) is 101 cm³/mol. The lowest BCUT2D eigenvalue weighted by Crippen LogP contribution is -2.36. The van der Waals surface area contributed by atoms with Crippen molar-refractivity contribution in [2.24, 2.45) is 0 Å². The maximum Gasteiger partial charge on any atom is 0.511 e. The van der Waals surface area contributed by atoms with E-state index in [9.17, 15) is 18.0 Å². The minimum absolute atomic E-state index is 0.0520. The number of anilines is 1. The highest BCUT2D eigenvalue weighted by Gasteiger charge is 2.30. The molecule has 30 heavy (non-hydrogen) atoms. The quantitative estimate of drug-likeness (QED) is 0.496. The lowest BCUT2D eigenvalue weighted by atomic mass is 10.4. The molecule has 0 aliphatic carbocycles. The highest BCUT2D eigenvalue weighted by atomic mass is 32.2. The molecule has 2 amide bonds. The molecule has 3 aromatic rings. The van der Waals surface area contributed by atoms with E-state index < -0.39 is 33.0 Å². The number of amides is 2. The Kier molecular flexibility index (Phi) is 5.59. The SMILES string of the molecule is Cc1cc(C)nc(NC(=O)NS(=O)(=O)c2c(OC(=O)O)cnn2-c2ccccn2)n1. The normalized spacial score (nSPS) is 11.0. The van der Waals surface area contributed by atoms with Gasteiger partial charge in [0.15, 0.2) is 11.6 Å². The second kappa shape index (κ2) is 8.12. The molecule has 156 valence electrons. The summed E-state index contributed by atoms with van der Waals surface area (Å²) < 4.78 is 32.8. The molecule has 0 fully saturated rings. The van der Waals surface area contributed by atoms with Crippen LogP contribution in [0.1, 0.15) is 11.4 Å². The number of hydrogen-bond donors (Lipinski definition) is 3. The summed E-state index contributed by atoms with van der Waals surface area (Å²) >= 11 is 0. The zero-order valence-corrected chi connectivity index (χ0v) is 16.4. The summed E-state index contributed by atoms with van der Waals surface area (Å²) in [7, 11) is -4.66. The van der Waals surface area contributed by atoms with Crippen molar-refractivity contribution in [2.45, 2.75) is 18.9 Å². The predicted octanol–water partition coefficient (Wildman–Crippen LogP) is 1.24. The monoisotopic (exact) mass is 433 g/mol. The van der Waals surface area contributed by atoms with Crippen LogP contribution in [0.2, 0.25) is 0 Å². The summed E-state index contributed by atoms with van der Waals surface area (Å²) in [6.07, 6.45) is 0.491. The molecule has 0 saturated heterocycles. The van der Waals surface area contributed by atoms with Gasteiger partial charge in [-0.1, -0.05) is 6.07 Å². The van der Waals surface area contributed by atoms with E-state index in [1.807, 2.05) is 0 Å². The largest absolute Gasteiger partial charge is 0.511 e. The molecule has 0 aromatic carbocycles. The fourth-order valence-electron chi connectivity index (χ4n) is 2.45. The van der Waals surface area contributed by atoms with Gasteiger partial charge in [-0.2, -0.15) is 18.2 Å². The highest BCUT2D eigenvalue weighted by molar-refractivity contribution is 7.90. The Hall–Kier alpha value is -4.07. The van der Waals surface area contributed by atoms with Gasteiger partial charge < -0.3 is 9.84 Å². The first-order valence-electron chi connectivity index (χ1n) is 8.22. The van der Waals surface area contributed by atoms with Gasteiger partial charge in [0, 0.05) is 17.6 Å². The van der Waals surface area contributed by atoms with Crippen LogP contribution in [-0.2, 0) is 10.0 Å². The summed E-state index contributed by atoms with van der Waals surface area (Å²) in [6.45, 7) is 3.35. The number of nitrogens with zero attached hydrogens (tertiary/aromatic N) is 5. The van der Waals surface area contributed by atoms with Crippen LogP contribution in [0.4, 0.5) is 15.5 Å². The molecule has 13 nitrogen and oxygen atoms in total. The summed E-state index contributed by atoms with van der Waals surface area (Å²) in [5, 5.41) is 14.2. The van der Waals surface area contributed by atoms with E-state index in [4.69, 9.17) is 5.11 Å². The topological polar surface area (TPSA) is 178 Å². The summed E-state index contributed by atoms with van der Waals surface area (Å²) in [5.41, 5.74) is 1.12. The first-order chi connectivity index (χ1) is 14.2. The van der Waals surface area contributed by atoms with Crippen molar-refractivity contribution in [3.63, 3.8) is 0 Å². The maximum absolute atomic E-state index is 12.8. The number of aryl methyl sites for hydroxylation is 2. The molecule has 3 aromatic heterocycles. The second-order valence-corrected chi connectivity index (χ2v) is 7.41. The maximum atomic E-state index is 12.8. The molecule has 3 heterocycles. The Balaban J connectivity index is 1.95. The molecule has 3 N–H and O–H groups in total. The number of pyridine rings is 1. The van der Waals surface area contributed by atoms with Crippen molar-refractivity contribution in [2.75, 3.05) is 5.32 Å². The molecule has 0 radical (unpaired) electrons. The number of sulfonamides is 1. The van der Waals surface area contributed by atoms with Crippen molar-refractivity contribution in [1.82, 2.24) is 29.5 Å². The molecule has 0 spiro atoms. The fourth-order valence-corrected chi connectivity index (χ4v) is 3.57. The lowest BCUT2D eigenvalue weighted by molar-refractivity contribution is 0.143. The van der Waals surface area contributed by atoms with E-state index in [1.54, 1.807) is 36.8 Å². The highest BCUT2D eigenvalue weighted by Crippen LogP contribution is 2.26. The first kappa shape index (κ1) is 20.7. The van der Waals surface area contributed by atoms with E-state index in [1.165, 1.54) is 12.3 Å². The number of carbonyl (C=O) groups is 2. The van der Waals surface area contributed by atoms with Gasteiger partial charge in [0.25, 0.3) is 10.0 Å². The minimum Gasteiger partial charge on any atom is -0.449 e. The zero-order chi connectivity index (χ0) is 21.9. The average Bonchev–Trinajstić information content (AvgIpc) is 3.04. The number of nitrogens with one attached hydrogen (secondary N) is 2. The third kappa shape index (κ3) is 4.67. The summed E-state index contributed by atoms with van der Waals surface area (Å²) in [4.78, 5) is 35.1. The van der Waals surface area contributed by atoms with Crippen LogP contribution in [0.15, 0.2) is 41.7 Å². The molecule has 0 saturated carbocycles. The van der Waals surface area contributed by atoms with Crippen molar-refractivity contribution in [3.8, 4) is 11.6 Å². The molecule has 0 unspecified atom stereocenters. The lowest BCUT2D eigenvalue weighted by Gasteiger charge is -2.11. The smallest absolute Gasteiger partial charge is 0.449 e. The van der Waals surface area contributed by atoms with Gasteiger partial charge in [-0.3, -0.25) is 5.32 Å². The fraction of sp³-hybridized carbons (Fsp3) is 0.125. The number of hydrogen-bond acceptors (Lipinski definition) is 9. The van der Waals surface area contributed by atoms with Crippen molar-refractivity contribution >= 4 is 28.2 Å². The van der Waals surface area contributed by atoms with Crippen LogP contribution in [-0.4, -0.2) is 50.4 Å². The van der Waals surface area contributed by atoms with Gasteiger partial charge in [-0.25, -0.2) is 29.3 Å². The van der Waals surface area contributed by atoms with Gasteiger partial charge in [0.05, 0.1) is 6.20 Å². The molecule has 0 bridgehead atoms. The standard InChI is InChI=1S/C16H15N7O6S/c1-9-7-10(2)20-14(19-9)21-15(24)22-30(27,28)13-11(29-16(25)26)8-18-23(13)12-5-3-4-6-17-12/h3-8H,1-2H3,(H,25,26)(H2,19,20,21,22,24). The van der Waals surface area contributed by atoms with Crippen molar-refractivity contribution in [1.29, 1.82) is 0 Å². The molecule has 0 aliphatic rings. The van der Waals surface area contributed by atoms with Crippen LogP contribution in [0.3, 0.4) is 0 Å². The van der Waals surface area contributed by atoms with E-state index in [-0.39, 0.29) is 11.8 Å². The number of carboxylic acid groups (broad SMARTS) is 1. The molecule has 0 atom stereocenters. The van der Waals surface area contributed by atoms with E-state index in [2.05, 4.69) is 30.1 Å². The Morgan fingerprint density at radius 3 is 2.47 bits per heavy atom. The van der Waals surface area contributed by atoms with Gasteiger partial charge in [-0.15, -0.1) is 0 Å². The zero-order valence-electron chi connectivity index (χ0n) is 15.6. The van der Waals surface area contributed by atoms with Crippen molar-refractivity contribution < 1.29 is 27.9 Å². The average molecular weight is 433 g/mol. The van der Waals surface area contributed by atoms with Gasteiger partial charge >= 0.3 is 12.2 Å². The van der Waals surface area contributed by atoms with Crippen LogP contribution in [0.5, 0.6) is 5.75 Å². The van der Waals surface area contributed by atoms with E-state index in [0.29, 0.717) is 11.4 Å². The Morgan fingerprint density at radius 2 is 1.87 bits per heavy atom. The molecule has 14 heteroatoms. The third-order valence-electron chi connectivity index (χ3n) is 3.45. The van der Waals surface area contributed by atoms with Crippen LogP contribution >= 0.6 is 0 Å². The Labute approximate surface area is 169 Å². The minimum atomic E-state index is -4.66. The van der Waals surface area contributed by atoms with Crippen LogP contribution in [0.25, 0.3) is 5.82 Å². The third-order valence-corrected chi connectivity index (χ3v) is 4.78. The summed E-state index contributed by atoms with van der Waals surface area (Å²) in [6, 6.07) is 5.08. The summed E-state index contributed by atoms with van der Waals surface area (Å²) in [5.74, 6) is -0.673. The number of rotatable bonds is 5. The molecule has 0 aliphatic heterocycles. The number of aromatic nitrogens is 5. The molecular formula is C16H15N7O6S. The molecular weight excluding hydrogens is 418 g/mol. The van der Waals surface area contributed by atoms with Gasteiger partial charge in [-0.05, 0) is 32.0 Å². The number of ether oxygens (including phenoxy) is 1. The Bertz CT molecular complexity index is 1190. The number of urea groups is 1.